The Hall–Kier alpha value is -3.92. The van der Waals surface area contributed by atoms with Crippen molar-refractivity contribution in [3.05, 3.63) is 89.7 Å². The molecule has 0 atom stereocenters. The summed E-state index contributed by atoms with van der Waals surface area (Å²) in [6.45, 7) is 2.16. The molecule has 1 amide bonds. The van der Waals surface area contributed by atoms with Crippen LogP contribution in [-0.2, 0) is 21.4 Å². The van der Waals surface area contributed by atoms with E-state index in [2.05, 4.69) is 10.5 Å². The number of nitrogens with one attached hydrogen (secondary N) is 1. The van der Waals surface area contributed by atoms with Gasteiger partial charge in [-0.15, -0.1) is 0 Å². The lowest BCUT2D eigenvalue weighted by Crippen LogP contribution is -2.39. The minimum atomic E-state index is -3.78. The van der Waals surface area contributed by atoms with E-state index in [-0.39, 0.29) is 5.69 Å². The van der Waals surface area contributed by atoms with Crippen molar-refractivity contribution in [3.8, 4) is 11.5 Å². The number of carbonyl (C=O) groups is 1. The van der Waals surface area contributed by atoms with Gasteiger partial charge in [0, 0.05) is 0 Å². The van der Waals surface area contributed by atoms with Crippen LogP contribution >= 0.6 is 0 Å². The molecular formula is C25H26FN3O5S. The first-order valence-corrected chi connectivity index (χ1v) is 12.6. The van der Waals surface area contributed by atoms with Crippen molar-refractivity contribution in [1.29, 1.82) is 0 Å². The van der Waals surface area contributed by atoms with Gasteiger partial charge in [-0.05, 0) is 60.5 Å². The summed E-state index contributed by atoms with van der Waals surface area (Å²) in [5.74, 6) is -0.0822. The van der Waals surface area contributed by atoms with Crippen LogP contribution in [0.3, 0.4) is 0 Å². The number of hydrogen-bond donors (Lipinski definition) is 1. The number of nitrogens with zero attached hydrogens (tertiary/aromatic N) is 2. The van der Waals surface area contributed by atoms with Crippen LogP contribution in [0.4, 0.5) is 10.1 Å². The molecule has 10 heteroatoms. The number of ether oxygens (including phenoxy) is 2. The van der Waals surface area contributed by atoms with E-state index < -0.39 is 28.3 Å². The number of anilines is 1. The lowest BCUT2D eigenvalue weighted by molar-refractivity contribution is -0.119. The molecule has 35 heavy (non-hydrogen) atoms. The van der Waals surface area contributed by atoms with E-state index in [1.165, 1.54) is 18.3 Å². The summed E-state index contributed by atoms with van der Waals surface area (Å²) < 4.78 is 49.8. The van der Waals surface area contributed by atoms with Crippen molar-refractivity contribution in [3.63, 3.8) is 0 Å². The molecule has 0 fully saturated rings. The molecule has 8 nitrogen and oxygen atoms in total. The summed E-state index contributed by atoms with van der Waals surface area (Å²) >= 11 is 0. The van der Waals surface area contributed by atoms with Crippen molar-refractivity contribution in [2.24, 2.45) is 5.10 Å². The normalized spacial score (nSPS) is 11.3. The van der Waals surface area contributed by atoms with Gasteiger partial charge >= 0.3 is 0 Å². The third-order valence-electron chi connectivity index (χ3n) is 4.71. The Morgan fingerprint density at radius 1 is 1.03 bits per heavy atom. The van der Waals surface area contributed by atoms with Gasteiger partial charge in [-0.25, -0.2) is 18.2 Å². The Morgan fingerprint density at radius 3 is 2.40 bits per heavy atom. The minimum absolute atomic E-state index is 0.167. The molecule has 0 saturated carbocycles. The summed E-state index contributed by atoms with van der Waals surface area (Å²) in [7, 11) is -3.78. The maximum Gasteiger partial charge on any atom is 0.260 e. The molecule has 0 unspecified atom stereocenters. The molecule has 0 saturated heterocycles. The van der Waals surface area contributed by atoms with E-state index in [0.717, 1.165) is 28.3 Å². The van der Waals surface area contributed by atoms with Gasteiger partial charge in [0.1, 0.15) is 19.0 Å². The monoisotopic (exact) mass is 499 g/mol. The molecule has 0 spiro atoms. The first-order chi connectivity index (χ1) is 16.8. The van der Waals surface area contributed by atoms with Crippen LogP contribution in [0.1, 0.15) is 18.1 Å². The third-order valence-corrected chi connectivity index (χ3v) is 5.85. The molecule has 0 aromatic heterocycles. The van der Waals surface area contributed by atoms with Gasteiger partial charge in [0.05, 0.1) is 24.8 Å². The second-order valence-electron chi connectivity index (χ2n) is 7.45. The predicted molar refractivity (Wildman–Crippen MR) is 133 cm³/mol. The quantitative estimate of drug-likeness (QED) is 0.320. The number of amides is 1. The van der Waals surface area contributed by atoms with Crippen LogP contribution in [0.15, 0.2) is 77.9 Å². The van der Waals surface area contributed by atoms with Crippen LogP contribution in [-0.4, -0.2) is 39.9 Å². The number of benzene rings is 3. The van der Waals surface area contributed by atoms with Crippen LogP contribution in [0, 0.1) is 5.82 Å². The summed E-state index contributed by atoms with van der Waals surface area (Å²) in [4.78, 5) is 12.3. The Labute approximate surface area is 204 Å². The number of hydrogen-bond acceptors (Lipinski definition) is 6. The van der Waals surface area contributed by atoms with Crippen LogP contribution in [0.2, 0.25) is 0 Å². The molecule has 3 aromatic rings. The number of carbonyl (C=O) groups excluding carboxylic acids is 1. The van der Waals surface area contributed by atoms with E-state index in [4.69, 9.17) is 9.47 Å². The number of hydrazone groups is 1. The van der Waals surface area contributed by atoms with E-state index >= 15 is 0 Å². The molecule has 0 aliphatic carbocycles. The molecule has 3 aromatic carbocycles. The van der Waals surface area contributed by atoms with Crippen molar-refractivity contribution in [2.45, 2.75) is 13.5 Å². The average molecular weight is 500 g/mol. The Bertz CT molecular complexity index is 1270. The highest BCUT2D eigenvalue weighted by Gasteiger charge is 2.20. The fourth-order valence-corrected chi connectivity index (χ4v) is 3.94. The van der Waals surface area contributed by atoms with Gasteiger partial charge < -0.3 is 9.47 Å². The fraction of sp³-hybridized carbons (Fsp3) is 0.200. The summed E-state index contributed by atoms with van der Waals surface area (Å²) in [5, 5.41) is 3.91. The molecule has 1 N–H and O–H groups in total. The smallest absolute Gasteiger partial charge is 0.260 e. The van der Waals surface area contributed by atoms with Gasteiger partial charge in [0.15, 0.2) is 11.5 Å². The molecule has 0 aliphatic heterocycles. The summed E-state index contributed by atoms with van der Waals surface area (Å²) in [6, 6.07) is 19.7. The van der Waals surface area contributed by atoms with Crippen LogP contribution < -0.4 is 19.2 Å². The largest absolute Gasteiger partial charge is 0.490 e. The van der Waals surface area contributed by atoms with E-state index in [1.807, 2.05) is 37.3 Å². The molecule has 184 valence electrons. The maximum absolute atomic E-state index is 13.2. The molecule has 3 rings (SSSR count). The lowest BCUT2D eigenvalue weighted by atomic mass is 10.2. The number of halogens is 1. The van der Waals surface area contributed by atoms with E-state index in [0.29, 0.717) is 30.3 Å². The summed E-state index contributed by atoms with van der Waals surface area (Å²) in [5.41, 5.74) is 4.13. The van der Waals surface area contributed by atoms with E-state index in [9.17, 15) is 17.6 Å². The first-order valence-electron chi connectivity index (χ1n) is 10.7. The first kappa shape index (κ1) is 25.7. The second kappa shape index (κ2) is 12.0. The standard InChI is InChI=1S/C25H26FN3O5S/c1-3-33-24-15-20(9-14-23(24)34-18-19-7-5-4-6-8-19)16-27-28-25(30)17-29(35(2,31)32)22-12-10-21(26)11-13-22/h4-16H,3,17-18H2,1-2H3,(H,28,30)/b27-16-. The highest BCUT2D eigenvalue weighted by molar-refractivity contribution is 7.92. The molecule has 0 heterocycles. The Kier molecular flexibility index (Phi) is 8.80. The van der Waals surface area contributed by atoms with Crippen molar-refractivity contribution in [1.82, 2.24) is 5.43 Å². The fourth-order valence-electron chi connectivity index (χ4n) is 3.08. The molecular weight excluding hydrogens is 473 g/mol. The molecule has 0 radical (unpaired) electrons. The highest BCUT2D eigenvalue weighted by Crippen LogP contribution is 2.29. The summed E-state index contributed by atoms with van der Waals surface area (Å²) in [6.07, 6.45) is 2.37. The van der Waals surface area contributed by atoms with Gasteiger partial charge in [0.25, 0.3) is 5.91 Å². The predicted octanol–water partition coefficient (Wildman–Crippen LogP) is 3.72. The van der Waals surface area contributed by atoms with Gasteiger partial charge in [-0.1, -0.05) is 30.3 Å². The SMILES string of the molecule is CCOc1cc(/C=N\NC(=O)CN(c2ccc(F)cc2)S(C)(=O)=O)ccc1OCc1ccccc1. The topological polar surface area (TPSA) is 97.3 Å². The van der Waals surface area contributed by atoms with Crippen LogP contribution in [0.5, 0.6) is 11.5 Å². The van der Waals surface area contributed by atoms with E-state index in [1.54, 1.807) is 18.2 Å². The van der Waals surface area contributed by atoms with Crippen molar-refractivity contribution >= 4 is 27.8 Å². The highest BCUT2D eigenvalue weighted by atomic mass is 32.2. The minimum Gasteiger partial charge on any atom is -0.490 e. The van der Waals surface area contributed by atoms with Crippen molar-refractivity contribution < 1.29 is 27.1 Å². The number of rotatable bonds is 11. The number of sulfonamides is 1. The second-order valence-corrected chi connectivity index (χ2v) is 9.36. The zero-order valence-electron chi connectivity index (χ0n) is 19.3. The van der Waals surface area contributed by atoms with Crippen molar-refractivity contribution in [2.75, 3.05) is 23.7 Å². The zero-order chi connectivity index (χ0) is 25.3. The average Bonchev–Trinajstić information content (AvgIpc) is 2.83. The Morgan fingerprint density at radius 2 is 1.74 bits per heavy atom. The Balaban J connectivity index is 1.64. The van der Waals surface area contributed by atoms with Gasteiger partial charge in [-0.2, -0.15) is 5.10 Å². The van der Waals surface area contributed by atoms with Gasteiger partial charge in [0.2, 0.25) is 10.0 Å². The van der Waals surface area contributed by atoms with Crippen LogP contribution in [0.25, 0.3) is 0 Å². The van der Waals surface area contributed by atoms with Gasteiger partial charge in [-0.3, -0.25) is 9.10 Å². The molecule has 0 bridgehead atoms. The lowest BCUT2D eigenvalue weighted by Gasteiger charge is -2.21. The molecule has 0 aliphatic rings. The zero-order valence-corrected chi connectivity index (χ0v) is 20.2. The third kappa shape index (κ3) is 7.82. The maximum atomic E-state index is 13.2.